The number of rotatable bonds is 3. The summed E-state index contributed by atoms with van der Waals surface area (Å²) < 4.78 is 39.2. The number of halogens is 4. The van der Waals surface area contributed by atoms with Crippen LogP contribution in [-0.2, 0) is 11.0 Å². The molecule has 0 saturated carbocycles. The molecule has 1 fully saturated rings. The predicted molar refractivity (Wildman–Crippen MR) is 88.6 cm³/mol. The van der Waals surface area contributed by atoms with Crippen LogP contribution < -0.4 is 10.6 Å². The second-order valence-corrected chi connectivity index (χ2v) is 7.37. The zero-order chi connectivity index (χ0) is 17.4. The summed E-state index contributed by atoms with van der Waals surface area (Å²) in [5, 5.41) is 10.3. The van der Waals surface area contributed by atoms with Crippen LogP contribution >= 0.6 is 23.5 Å². The zero-order valence-corrected chi connectivity index (χ0v) is 14.7. The highest BCUT2D eigenvalue weighted by atomic mass is 35.5. The number of carbonyl (C=O) groups excluding carboxylic acids is 1. The van der Waals surface area contributed by atoms with Crippen LogP contribution in [0, 0.1) is 11.3 Å². The summed E-state index contributed by atoms with van der Waals surface area (Å²) in [4.78, 5) is 15.8. The lowest BCUT2D eigenvalue weighted by atomic mass is 10.1. The number of hydrazine groups is 1. The largest absolute Gasteiger partial charge is 0.417 e. The van der Waals surface area contributed by atoms with Gasteiger partial charge in [-0.05, 0) is 32.0 Å². The Morgan fingerprint density at radius 1 is 1.42 bits per heavy atom. The van der Waals surface area contributed by atoms with Crippen molar-refractivity contribution in [2.75, 3.05) is 13.1 Å². The summed E-state index contributed by atoms with van der Waals surface area (Å²) in [7, 11) is 0. The van der Waals surface area contributed by atoms with Gasteiger partial charge in [0.15, 0.2) is 0 Å². The van der Waals surface area contributed by atoms with E-state index in [4.69, 9.17) is 11.0 Å². The van der Waals surface area contributed by atoms with E-state index < -0.39 is 33.9 Å². The highest BCUT2D eigenvalue weighted by Gasteiger charge is 2.46. The maximum Gasteiger partial charge on any atom is 0.417 e. The lowest BCUT2D eigenvalue weighted by Gasteiger charge is -2.27. The lowest BCUT2D eigenvalue weighted by molar-refractivity contribution is -0.138. The third-order valence-corrected chi connectivity index (χ3v) is 5.85. The zero-order valence-electron chi connectivity index (χ0n) is 13.0. The van der Waals surface area contributed by atoms with Crippen LogP contribution in [0.1, 0.15) is 25.0 Å². The van der Waals surface area contributed by atoms with Crippen molar-refractivity contribution >= 4 is 28.6 Å². The van der Waals surface area contributed by atoms with Crippen LogP contribution in [0.4, 0.5) is 13.2 Å². The van der Waals surface area contributed by atoms with Gasteiger partial charge in [-0.25, -0.2) is 9.84 Å². The molecule has 1 saturated heterocycles. The van der Waals surface area contributed by atoms with E-state index in [-0.39, 0.29) is 22.4 Å². The van der Waals surface area contributed by atoms with E-state index in [1.165, 1.54) is 12.1 Å². The van der Waals surface area contributed by atoms with Crippen molar-refractivity contribution in [1.29, 1.82) is 5.26 Å². The first-order valence-electron chi connectivity index (χ1n) is 6.83. The van der Waals surface area contributed by atoms with Crippen LogP contribution in [0.25, 0.3) is 0 Å². The molecule has 0 aliphatic carbocycles. The van der Waals surface area contributed by atoms with Crippen molar-refractivity contribution in [3.8, 4) is 6.07 Å². The number of carbonyl (C=O) groups is 1. The van der Waals surface area contributed by atoms with Crippen molar-refractivity contribution in [1.82, 2.24) is 9.84 Å². The molecule has 0 radical (unpaired) electrons. The molecule has 5 nitrogen and oxygen atoms in total. The van der Waals surface area contributed by atoms with Crippen molar-refractivity contribution in [3.05, 3.63) is 29.3 Å². The molecule has 0 spiro atoms. The predicted octanol–water partition coefficient (Wildman–Crippen LogP) is 2.36. The smallest absolute Gasteiger partial charge is 0.329 e. The molecule has 0 bridgehead atoms. The summed E-state index contributed by atoms with van der Waals surface area (Å²) in [6, 6.07) is 4.92. The topological polar surface area (TPSA) is 82.2 Å². The molecule has 2 rings (SSSR count). The molecule has 1 unspecified atom stereocenters. The minimum Gasteiger partial charge on any atom is -0.329 e. The van der Waals surface area contributed by atoms with Gasteiger partial charge in [0.1, 0.15) is 0 Å². The molecule has 134 valence electrons. The first-order chi connectivity index (χ1) is 10.6. The molecule has 0 aromatic heterocycles. The first kappa shape index (κ1) is 20.7. The van der Waals surface area contributed by atoms with E-state index in [2.05, 4.69) is 4.83 Å². The Morgan fingerprint density at radius 2 is 2.04 bits per heavy atom. The molecule has 0 amide bonds. The van der Waals surface area contributed by atoms with Crippen LogP contribution in [-0.4, -0.2) is 28.8 Å². The molecular weight excluding hydrogens is 365 g/mol. The van der Waals surface area contributed by atoms with Gasteiger partial charge in [0.05, 0.1) is 22.7 Å². The van der Waals surface area contributed by atoms with Crippen molar-refractivity contribution in [2.45, 2.75) is 30.5 Å². The van der Waals surface area contributed by atoms with Gasteiger partial charge in [-0.2, -0.15) is 18.4 Å². The highest BCUT2D eigenvalue weighted by Crippen LogP contribution is 2.46. The fourth-order valence-corrected chi connectivity index (χ4v) is 4.50. The normalized spacial score (nSPS) is 22.0. The van der Waals surface area contributed by atoms with Crippen LogP contribution in [0.3, 0.4) is 0 Å². The summed E-state index contributed by atoms with van der Waals surface area (Å²) in [5.41, 5.74) is 3.18. The average molecular weight is 383 g/mol. The Balaban J connectivity index is 0.00000288. The lowest BCUT2D eigenvalue weighted by Crippen LogP contribution is -2.48. The number of benzene rings is 1. The van der Waals surface area contributed by atoms with Gasteiger partial charge in [0.2, 0.25) is 5.12 Å². The third-order valence-electron chi connectivity index (χ3n) is 3.66. The van der Waals surface area contributed by atoms with Crippen LogP contribution in [0.15, 0.2) is 23.1 Å². The number of nitrogens with one attached hydrogen (secondary N) is 1. The molecule has 1 aromatic carbocycles. The molecule has 1 aliphatic rings. The van der Waals surface area contributed by atoms with Crippen LogP contribution in [0.2, 0.25) is 0 Å². The number of nitriles is 1. The Labute approximate surface area is 146 Å². The van der Waals surface area contributed by atoms with Gasteiger partial charge in [-0.15, -0.1) is 12.4 Å². The number of nitrogens with two attached hydrogens (primary N) is 1. The summed E-state index contributed by atoms with van der Waals surface area (Å²) >= 11 is -1.65. The molecular formula is C14H18ClF3N4OS. The summed E-state index contributed by atoms with van der Waals surface area (Å²) in [6.07, 6.45) is -4.65. The number of hydrogen-bond acceptors (Lipinski definition) is 5. The van der Waals surface area contributed by atoms with Gasteiger partial charge < -0.3 is 5.73 Å². The van der Waals surface area contributed by atoms with E-state index in [9.17, 15) is 18.0 Å². The van der Waals surface area contributed by atoms with Crippen molar-refractivity contribution in [3.63, 3.8) is 0 Å². The summed E-state index contributed by atoms with van der Waals surface area (Å²) in [6.45, 7) is 4.12. The first-order valence-corrected chi connectivity index (χ1v) is 8.17. The van der Waals surface area contributed by atoms with Gasteiger partial charge in [0.25, 0.3) is 0 Å². The van der Waals surface area contributed by atoms with Crippen LogP contribution in [0.5, 0.6) is 0 Å². The second kappa shape index (κ2) is 7.29. The Bertz CT molecular complexity index is 675. The third kappa shape index (κ3) is 3.68. The fraction of sp³-hybridized carbons (Fsp3) is 0.429. The van der Waals surface area contributed by atoms with E-state index in [0.717, 1.165) is 12.1 Å². The molecule has 1 heterocycles. The van der Waals surface area contributed by atoms with E-state index in [0.29, 0.717) is 13.1 Å². The van der Waals surface area contributed by atoms with E-state index >= 15 is 0 Å². The van der Waals surface area contributed by atoms with Gasteiger partial charge in [-0.3, -0.25) is 4.79 Å². The minimum absolute atomic E-state index is 0. The summed E-state index contributed by atoms with van der Waals surface area (Å²) in [5.74, 6) is 0. The standard InChI is InChI=1S/C14H17F3N4OS.ClH/c1-13(2)12(22)23(20-21(13)6-5-18)10-4-3-9(8-19)11(7-10)14(15,16)17;/h3-4,7,20,23H,5-6,18H2,1-2H3;1H. The molecule has 10 heteroatoms. The molecule has 1 atom stereocenters. The molecule has 3 N–H and O–H groups in total. The van der Waals surface area contributed by atoms with Gasteiger partial charge >= 0.3 is 6.18 Å². The van der Waals surface area contributed by atoms with Crippen molar-refractivity contribution < 1.29 is 18.0 Å². The molecule has 1 aromatic rings. The molecule has 24 heavy (non-hydrogen) atoms. The minimum atomic E-state index is -4.65. The van der Waals surface area contributed by atoms with Gasteiger partial charge in [-0.1, -0.05) is 11.1 Å². The number of alkyl halides is 3. The second-order valence-electron chi connectivity index (χ2n) is 5.58. The van der Waals surface area contributed by atoms with Crippen molar-refractivity contribution in [2.24, 2.45) is 5.73 Å². The quantitative estimate of drug-likeness (QED) is 0.699. The number of thiol groups is 1. The Hall–Kier alpha value is -1.31. The van der Waals surface area contributed by atoms with Gasteiger partial charge in [0, 0.05) is 18.0 Å². The maximum atomic E-state index is 13.1. The average Bonchev–Trinajstić information content (AvgIpc) is 2.70. The fourth-order valence-electron chi connectivity index (χ4n) is 2.32. The monoisotopic (exact) mass is 382 g/mol. The Kier molecular flexibility index (Phi) is 6.30. The highest BCUT2D eigenvalue weighted by molar-refractivity contribution is 8.28. The molecule has 1 aliphatic heterocycles. The van der Waals surface area contributed by atoms with E-state index in [1.807, 2.05) is 0 Å². The SMILES string of the molecule is CC1(C)C(=O)[SH](c2ccc(C#N)c(C(F)(F)F)c2)NN1CCN.Cl. The number of hydrogen-bond donors (Lipinski definition) is 3. The maximum absolute atomic E-state index is 13.1. The number of nitrogens with zero attached hydrogens (tertiary/aromatic N) is 2. The Morgan fingerprint density at radius 3 is 2.54 bits per heavy atom. The van der Waals surface area contributed by atoms with E-state index in [1.54, 1.807) is 18.9 Å².